The summed E-state index contributed by atoms with van der Waals surface area (Å²) in [5.74, 6) is 0.733. The molecule has 2 atom stereocenters. The molecule has 1 aromatic rings. The Balaban J connectivity index is 0.000000272. The Morgan fingerprint density at radius 1 is 1.38 bits per heavy atom. The highest BCUT2D eigenvalue weighted by Gasteiger charge is 2.25. The van der Waals surface area contributed by atoms with Crippen molar-refractivity contribution < 1.29 is 29.0 Å². The third kappa shape index (κ3) is 5.18. The molecule has 2 aliphatic heterocycles. The Kier molecular flexibility index (Phi) is 5.32. The summed E-state index contributed by atoms with van der Waals surface area (Å²) in [6, 6.07) is 4.39. The van der Waals surface area contributed by atoms with Gasteiger partial charge < -0.3 is 24.1 Å². The summed E-state index contributed by atoms with van der Waals surface area (Å²) >= 11 is 0. The third-order valence-electron chi connectivity index (χ3n) is 2.80. The number of aliphatic hydroxyl groups excluding tert-OH is 1. The summed E-state index contributed by atoms with van der Waals surface area (Å²) < 4.78 is 19.9. The molecule has 0 amide bonds. The first-order chi connectivity index (χ1) is 10.1. The van der Waals surface area contributed by atoms with Crippen molar-refractivity contribution >= 4 is 5.69 Å². The number of benzene rings is 1. The largest absolute Gasteiger partial charge is 0.497 e. The van der Waals surface area contributed by atoms with Crippen molar-refractivity contribution in [3.8, 4) is 11.5 Å². The molecule has 2 heterocycles. The van der Waals surface area contributed by atoms with Gasteiger partial charge in [-0.25, -0.2) is 0 Å². The summed E-state index contributed by atoms with van der Waals surface area (Å²) in [6.07, 6.45) is 0.251. The summed E-state index contributed by atoms with van der Waals surface area (Å²) in [6.45, 7) is 1.93. The van der Waals surface area contributed by atoms with Gasteiger partial charge in [0.2, 0.25) is 5.75 Å². The first-order valence-electron chi connectivity index (χ1n) is 6.43. The van der Waals surface area contributed by atoms with E-state index in [-0.39, 0.29) is 30.3 Å². The van der Waals surface area contributed by atoms with Gasteiger partial charge >= 0.3 is 5.69 Å². The Bertz CT molecular complexity index is 485. The van der Waals surface area contributed by atoms with Gasteiger partial charge in [0, 0.05) is 12.1 Å². The van der Waals surface area contributed by atoms with E-state index < -0.39 is 4.92 Å². The molecule has 2 fully saturated rings. The van der Waals surface area contributed by atoms with Crippen molar-refractivity contribution in [3.05, 3.63) is 28.3 Å². The minimum absolute atomic E-state index is 0.0609. The van der Waals surface area contributed by atoms with E-state index in [0.717, 1.165) is 6.61 Å². The van der Waals surface area contributed by atoms with Crippen LogP contribution in [0.25, 0.3) is 0 Å². The predicted molar refractivity (Wildman–Crippen MR) is 71.7 cm³/mol. The first kappa shape index (κ1) is 15.5. The SMILES string of the molecule is COc1ccc([N+](=O)[O-])c(OC[C@H]2CO2)c1.OC[C@H]1CO1. The molecule has 0 saturated carbocycles. The van der Waals surface area contributed by atoms with Crippen LogP contribution in [0.2, 0.25) is 0 Å². The van der Waals surface area contributed by atoms with Crippen LogP contribution >= 0.6 is 0 Å². The van der Waals surface area contributed by atoms with Crippen molar-refractivity contribution in [3.63, 3.8) is 0 Å². The highest BCUT2D eigenvalue weighted by Crippen LogP contribution is 2.31. The molecule has 0 aliphatic carbocycles. The van der Waals surface area contributed by atoms with Crippen LogP contribution in [-0.2, 0) is 9.47 Å². The van der Waals surface area contributed by atoms with E-state index in [4.69, 9.17) is 19.3 Å². The molecule has 2 aliphatic rings. The lowest BCUT2D eigenvalue weighted by atomic mass is 10.3. The number of hydrogen-bond acceptors (Lipinski definition) is 7. The van der Waals surface area contributed by atoms with Crippen LogP contribution in [-0.4, -0.2) is 55.8 Å². The number of nitro benzene ring substituents is 1. The number of hydrogen-bond donors (Lipinski definition) is 1. The number of methoxy groups -OCH3 is 1. The summed E-state index contributed by atoms with van der Waals surface area (Å²) in [5, 5.41) is 18.8. The molecule has 2 saturated heterocycles. The zero-order valence-corrected chi connectivity index (χ0v) is 11.6. The van der Waals surface area contributed by atoms with E-state index in [1.165, 1.54) is 25.3 Å². The second kappa shape index (κ2) is 7.21. The number of nitrogens with zero attached hydrogens (tertiary/aromatic N) is 1. The molecule has 8 heteroatoms. The summed E-state index contributed by atoms with van der Waals surface area (Å²) in [7, 11) is 1.49. The van der Waals surface area contributed by atoms with Crippen molar-refractivity contribution in [2.24, 2.45) is 0 Å². The molecule has 0 spiro atoms. The fourth-order valence-corrected chi connectivity index (χ4v) is 1.41. The Morgan fingerprint density at radius 3 is 2.48 bits per heavy atom. The van der Waals surface area contributed by atoms with Gasteiger partial charge in [-0.3, -0.25) is 10.1 Å². The number of nitro groups is 1. The molecule has 8 nitrogen and oxygen atoms in total. The lowest BCUT2D eigenvalue weighted by Crippen LogP contribution is -2.06. The predicted octanol–water partition coefficient (Wildman–Crippen LogP) is 0.758. The topological polar surface area (TPSA) is 107 Å². The molecule has 116 valence electrons. The average molecular weight is 299 g/mol. The zero-order valence-electron chi connectivity index (χ0n) is 11.6. The standard InChI is InChI=1S/C10H11NO5.C3H6O2/c1-14-7-2-3-9(11(12)13)10(4-7)16-6-8-5-15-8;4-1-3-2-5-3/h2-4,8H,5-6H2,1H3;3-4H,1-2H2/t8-;3-/m10/s1. The lowest BCUT2D eigenvalue weighted by molar-refractivity contribution is -0.385. The van der Waals surface area contributed by atoms with E-state index in [1.807, 2.05) is 0 Å². The van der Waals surface area contributed by atoms with Crippen molar-refractivity contribution in [2.75, 3.05) is 33.5 Å². The lowest BCUT2D eigenvalue weighted by Gasteiger charge is -2.06. The maximum Gasteiger partial charge on any atom is 0.311 e. The highest BCUT2D eigenvalue weighted by atomic mass is 16.6. The van der Waals surface area contributed by atoms with E-state index in [1.54, 1.807) is 0 Å². The Labute approximate surface area is 121 Å². The second-order valence-corrected chi connectivity index (χ2v) is 4.50. The molecule has 1 N–H and O–H groups in total. The number of ether oxygens (including phenoxy) is 4. The Hall–Kier alpha value is -1.90. The maximum atomic E-state index is 10.7. The molecule has 0 radical (unpaired) electrons. The van der Waals surface area contributed by atoms with Crippen LogP contribution < -0.4 is 9.47 Å². The van der Waals surface area contributed by atoms with Gasteiger partial charge in [0.05, 0.1) is 31.9 Å². The van der Waals surface area contributed by atoms with Gasteiger partial charge in [0.1, 0.15) is 24.6 Å². The van der Waals surface area contributed by atoms with Gasteiger partial charge in [-0.2, -0.15) is 0 Å². The molecule has 3 rings (SSSR count). The fraction of sp³-hybridized carbons (Fsp3) is 0.538. The van der Waals surface area contributed by atoms with Gasteiger partial charge in [0.15, 0.2) is 0 Å². The van der Waals surface area contributed by atoms with Crippen molar-refractivity contribution in [1.29, 1.82) is 0 Å². The van der Waals surface area contributed by atoms with Gasteiger partial charge in [-0.05, 0) is 6.07 Å². The van der Waals surface area contributed by atoms with Crippen LogP contribution in [0.15, 0.2) is 18.2 Å². The monoisotopic (exact) mass is 299 g/mol. The first-order valence-corrected chi connectivity index (χ1v) is 6.43. The third-order valence-corrected chi connectivity index (χ3v) is 2.80. The smallest absolute Gasteiger partial charge is 0.311 e. The second-order valence-electron chi connectivity index (χ2n) is 4.50. The number of aliphatic hydroxyl groups is 1. The average Bonchev–Trinajstić information content (AvgIpc) is 3.39. The van der Waals surface area contributed by atoms with Crippen LogP contribution in [0.1, 0.15) is 0 Å². The van der Waals surface area contributed by atoms with E-state index in [2.05, 4.69) is 4.74 Å². The quantitative estimate of drug-likeness (QED) is 0.469. The summed E-state index contributed by atoms with van der Waals surface area (Å²) in [4.78, 5) is 10.3. The fourth-order valence-electron chi connectivity index (χ4n) is 1.41. The molecule has 0 aromatic heterocycles. The molecular weight excluding hydrogens is 282 g/mol. The maximum absolute atomic E-state index is 10.7. The van der Waals surface area contributed by atoms with Crippen LogP contribution in [0.5, 0.6) is 11.5 Å². The minimum atomic E-state index is -0.484. The van der Waals surface area contributed by atoms with Gasteiger partial charge in [0.25, 0.3) is 0 Å². The van der Waals surface area contributed by atoms with Crippen LogP contribution in [0.4, 0.5) is 5.69 Å². The zero-order chi connectivity index (χ0) is 15.2. The van der Waals surface area contributed by atoms with E-state index in [0.29, 0.717) is 19.0 Å². The molecule has 0 unspecified atom stereocenters. The van der Waals surface area contributed by atoms with Crippen molar-refractivity contribution in [2.45, 2.75) is 12.2 Å². The van der Waals surface area contributed by atoms with Gasteiger partial charge in [-0.15, -0.1) is 0 Å². The summed E-state index contributed by atoms with van der Waals surface area (Å²) in [5.41, 5.74) is -0.0681. The number of rotatable bonds is 6. The van der Waals surface area contributed by atoms with Gasteiger partial charge in [-0.1, -0.05) is 0 Å². The molecule has 1 aromatic carbocycles. The Morgan fingerprint density at radius 2 is 2.05 bits per heavy atom. The minimum Gasteiger partial charge on any atom is -0.497 e. The van der Waals surface area contributed by atoms with E-state index >= 15 is 0 Å². The molecular formula is C13H17NO7. The van der Waals surface area contributed by atoms with Crippen LogP contribution in [0.3, 0.4) is 0 Å². The molecule has 0 bridgehead atoms. The van der Waals surface area contributed by atoms with Crippen LogP contribution in [0, 0.1) is 10.1 Å². The van der Waals surface area contributed by atoms with E-state index in [9.17, 15) is 10.1 Å². The highest BCUT2D eigenvalue weighted by molar-refractivity contribution is 5.50. The normalized spacial score (nSPS) is 21.8. The number of epoxide rings is 2. The van der Waals surface area contributed by atoms with Crippen molar-refractivity contribution in [1.82, 2.24) is 0 Å². The molecule has 21 heavy (non-hydrogen) atoms.